The van der Waals surface area contributed by atoms with Crippen LogP contribution in [0.25, 0.3) is 0 Å². The van der Waals surface area contributed by atoms with Gasteiger partial charge in [0.25, 0.3) is 0 Å². The normalized spacial score (nSPS) is 10.8. The van der Waals surface area contributed by atoms with Gasteiger partial charge < -0.3 is 5.11 Å². The number of aryl methyl sites for hydroxylation is 1. The van der Waals surface area contributed by atoms with E-state index < -0.39 is 0 Å². The zero-order valence-electron chi connectivity index (χ0n) is 9.18. The van der Waals surface area contributed by atoms with Crippen LogP contribution in [-0.4, -0.2) is 34.7 Å². The van der Waals surface area contributed by atoms with Gasteiger partial charge in [-0.05, 0) is 29.5 Å². The Morgan fingerprint density at radius 2 is 1.69 bits per heavy atom. The van der Waals surface area contributed by atoms with Gasteiger partial charge in [0.2, 0.25) is 0 Å². The molecule has 1 nitrogen and oxygen atoms in total. The Kier molecular flexibility index (Phi) is 4.50. The van der Waals surface area contributed by atoms with Gasteiger partial charge >= 0.3 is 0 Å². The molecule has 0 amide bonds. The van der Waals surface area contributed by atoms with E-state index in [-0.39, 0.29) is 35.0 Å². The molecule has 0 aliphatic carbocycles. The Morgan fingerprint density at radius 1 is 1.15 bits per heavy atom. The van der Waals surface area contributed by atoms with Crippen molar-refractivity contribution in [1.82, 2.24) is 0 Å². The Morgan fingerprint density at radius 3 is 2.08 bits per heavy atom. The van der Waals surface area contributed by atoms with E-state index in [1.807, 2.05) is 19.1 Å². The van der Waals surface area contributed by atoms with Crippen LogP contribution in [-0.2, 0) is 5.41 Å². The number of rotatable bonds is 0. The van der Waals surface area contributed by atoms with E-state index in [0.29, 0.717) is 5.75 Å². The minimum Gasteiger partial charge on any atom is -0.508 e. The first-order valence-corrected chi connectivity index (χ1v) is 4.21. The van der Waals surface area contributed by atoms with Crippen LogP contribution in [0.4, 0.5) is 0 Å². The van der Waals surface area contributed by atoms with Gasteiger partial charge in [-0.25, -0.2) is 0 Å². The van der Waals surface area contributed by atoms with E-state index in [2.05, 4.69) is 20.8 Å². The van der Waals surface area contributed by atoms with Crippen LogP contribution in [0, 0.1) is 6.92 Å². The van der Waals surface area contributed by atoms with Gasteiger partial charge in [0.1, 0.15) is 5.75 Å². The fraction of sp³-hybridized carbons (Fsp3) is 0.455. The molecule has 0 spiro atoms. The quantitative estimate of drug-likeness (QED) is 0.619. The predicted octanol–water partition coefficient (Wildman–Crippen LogP) is 2.62. The van der Waals surface area contributed by atoms with E-state index in [9.17, 15) is 5.11 Å². The van der Waals surface area contributed by atoms with Crippen molar-refractivity contribution in [2.45, 2.75) is 33.1 Å². The van der Waals surface area contributed by atoms with Crippen LogP contribution in [0.2, 0.25) is 0 Å². The minimum atomic E-state index is 0. The molecular weight excluding hydrogens is 171 g/mol. The van der Waals surface area contributed by atoms with Gasteiger partial charge in [-0.2, -0.15) is 0 Å². The molecule has 0 saturated carbocycles. The maximum atomic E-state index is 9.63. The molecule has 0 saturated heterocycles. The summed E-state index contributed by atoms with van der Waals surface area (Å²) < 4.78 is 0. The largest absolute Gasteiger partial charge is 0.508 e. The summed E-state index contributed by atoms with van der Waals surface area (Å²) in [5.41, 5.74) is 2.13. The third-order valence-electron chi connectivity index (χ3n) is 1.96. The van der Waals surface area contributed by atoms with E-state index in [0.717, 1.165) is 11.1 Å². The number of phenols is 1. The molecule has 0 atom stereocenters. The SMILES string of the molecule is Cc1ccc(C(C)(C)C)c(O)c1.[Na]. The first-order chi connectivity index (χ1) is 5.41. The third-order valence-corrected chi connectivity index (χ3v) is 1.96. The van der Waals surface area contributed by atoms with E-state index >= 15 is 0 Å². The molecule has 0 bridgehead atoms. The Labute approximate surface area is 102 Å². The van der Waals surface area contributed by atoms with Crippen LogP contribution >= 0.6 is 0 Å². The average molecular weight is 187 g/mol. The summed E-state index contributed by atoms with van der Waals surface area (Å²) >= 11 is 0. The van der Waals surface area contributed by atoms with Crippen molar-refractivity contribution in [1.29, 1.82) is 0 Å². The average Bonchev–Trinajstić information content (AvgIpc) is 1.83. The zero-order chi connectivity index (χ0) is 9.35. The number of benzene rings is 1. The zero-order valence-corrected chi connectivity index (χ0v) is 11.2. The summed E-state index contributed by atoms with van der Waals surface area (Å²) in [7, 11) is 0. The van der Waals surface area contributed by atoms with Crippen LogP contribution in [0.3, 0.4) is 0 Å². The number of hydrogen-bond acceptors (Lipinski definition) is 1. The van der Waals surface area contributed by atoms with Gasteiger partial charge in [-0.15, -0.1) is 0 Å². The predicted molar refractivity (Wildman–Crippen MR) is 57.3 cm³/mol. The first kappa shape index (κ1) is 13.0. The van der Waals surface area contributed by atoms with Crippen molar-refractivity contribution in [2.24, 2.45) is 0 Å². The molecule has 0 aromatic heterocycles. The van der Waals surface area contributed by atoms with Crippen molar-refractivity contribution in [3.63, 3.8) is 0 Å². The molecule has 2 heteroatoms. The molecule has 1 radical (unpaired) electrons. The summed E-state index contributed by atoms with van der Waals surface area (Å²) in [6.07, 6.45) is 0. The van der Waals surface area contributed by atoms with Gasteiger partial charge in [0, 0.05) is 29.6 Å². The molecule has 67 valence electrons. The smallest absolute Gasteiger partial charge is 0.119 e. The molecule has 0 aliphatic rings. The Hall–Kier alpha value is 0.0200. The van der Waals surface area contributed by atoms with E-state index in [1.54, 1.807) is 6.07 Å². The summed E-state index contributed by atoms with van der Waals surface area (Å²) in [6, 6.07) is 5.82. The monoisotopic (exact) mass is 187 g/mol. The minimum absolute atomic E-state index is 0. The van der Waals surface area contributed by atoms with Gasteiger partial charge in [0.15, 0.2) is 0 Å². The van der Waals surface area contributed by atoms with Crippen molar-refractivity contribution in [3.05, 3.63) is 29.3 Å². The molecule has 1 rings (SSSR count). The second-order valence-corrected chi connectivity index (χ2v) is 4.27. The maximum absolute atomic E-state index is 9.63. The van der Waals surface area contributed by atoms with Crippen molar-refractivity contribution >= 4 is 29.6 Å². The Bertz CT molecular complexity index is 287. The molecule has 0 unspecified atom stereocenters. The van der Waals surface area contributed by atoms with Crippen molar-refractivity contribution in [2.75, 3.05) is 0 Å². The topological polar surface area (TPSA) is 20.2 Å². The summed E-state index contributed by atoms with van der Waals surface area (Å²) in [4.78, 5) is 0. The fourth-order valence-electron chi connectivity index (χ4n) is 1.28. The van der Waals surface area contributed by atoms with Crippen LogP contribution in [0.5, 0.6) is 5.75 Å². The van der Waals surface area contributed by atoms with E-state index in [4.69, 9.17) is 0 Å². The second-order valence-electron chi connectivity index (χ2n) is 4.27. The van der Waals surface area contributed by atoms with Crippen LogP contribution in [0.15, 0.2) is 18.2 Å². The van der Waals surface area contributed by atoms with E-state index in [1.165, 1.54) is 0 Å². The van der Waals surface area contributed by atoms with Crippen molar-refractivity contribution in [3.8, 4) is 5.75 Å². The molecule has 0 fully saturated rings. The molecule has 0 aliphatic heterocycles. The number of phenolic OH excluding ortho intramolecular Hbond substituents is 1. The summed E-state index contributed by atoms with van der Waals surface area (Å²) in [5.74, 6) is 0.405. The van der Waals surface area contributed by atoms with Crippen molar-refractivity contribution < 1.29 is 5.11 Å². The van der Waals surface area contributed by atoms with Gasteiger partial charge in [-0.1, -0.05) is 32.9 Å². The maximum Gasteiger partial charge on any atom is 0.119 e. The number of hydrogen-bond donors (Lipinski definition) is 1. The van der Waals surface area contributed by atoms with Crippen LogP contribution in [0.1, 0.15) is 31.9 Å². The number of aromatic hydroxyl groups is 1. The van der Waals surface area contributed by atoms with Crippen LogP contribution < -0.4 is 0 Å². The molecule has 1 aromatic rings. The second kappa shape index (κ2) is 4.50. The molecule has 1 aromatic carbocycles. The first-order valence-electron chi connectivity index (χ1n) is 4.21. The third kappa shape index (κ3) is 3.34. The molecule has 0 heterocycles. The van der Waals surface area contributed by atoms with Gasteiger partial charge in [-0.3, -0.25) is 0 Å². The molecular formula is C11H16NaO. The summed E-state index contributed by atoms with van der Waals surface area (Å²) in [6.45, 7) is 8.26. The molecule has 1 N–H and O–H groups in total. The Balaban J connectivity index is 0.00000144. The molecule has 13 heavy (non-hydrogen) atoms. The fourth-order valence-corrected chi connectivity index (χ4v) is 1.28. The van der Waals surface area contributed by atoms with Gasteiger partial charge in [0.05, 0.1) is 0 Å². The summed E-state index contributed by atoms with van der Waals surface area (Å²) in [5, 5.41) is 9.63. The standard InChI is InChI=1S/C11H16O.Na/c1-8-5-6-9(10(12)7-8)11(2,3)4;/h5-7,12H,1-4H3;.